The Balaban J connectivity index is 1.38. The molecule has 1 aromatic rings. The van der Waals surface area contributed by atoms with Crippen LogP contribution >= 0.6 is 0 Å². The Hall–Kier alpha value is -1.43. The monoisotopic (exact) mass is 319 g/mol. The molecule has 128 valence electrons. The van der Waals surface area contributed by atoms with Crippen LogP contribution in [0.5, 0.6) is 0 Å². The van der Waals surface area contributed by atoms with Gasteiger partial charge in [-0.2, -0.15) is 0 Å². The molecule has 0 radical (unpaired) electrons. The lowest BCUT2D eigenvalue weighted by molar-refractivity contribution is -0.127. The van der Waals surface area contributed by atoms with E-state index in [1.165, 1.54) is 6.42 Å². The van der Waals surface area contributed by atoms with Crippen molar-refractivity contribution in [3.63, 3.8) is 0 Å². The lowest BCUT2D eigenvalue weighted by atomic mass is 9.98. The molecule has 0 saturated carbocycles. The highest BCUT2D eigenvalue weighted by atomic mass is 16.2. The number of hydrogen-bond donors (Lipinski definition) is 1. The summed E-state index contributed by atoms with van der Waals surface area (Å²) < 4.78 is 2.32. The largest absolute Gasteiger partial charge is 0.343 e. The molecule has 0 bridgehead atoms. The fraction of sp³-hybridized carbons (Fsp3) is 0.824. The second-order valence-electron chi connectivity index (χ2n) is 7.19. The lowest BCUT2D eigenvalue weighted by Gasteiger charge is -2.25. The number of nitrogens with zero attached hydrogens (tertiary/aromatic N) is 4. The quantitative estimate of drug-likeness (QED) is 0.775. The van der Waals surface area contributed by atoms with Crippen molar-refractivity contribution in [2.75, 3.05) is 26.2 Å². The van der Waals surface area contributed by atoms with Crippen LogP contribution < -0.4 is 5.32 Å². The van der Waals surface area contributed by atoms with Crippen molar-refractivity contribution >= 4 is 5.91 Å². The van der Waals surface area contributed by atoms with Gasteiger partial charge in [-0.25, -0.2) is 0 Å². The second kappa shape index (κ2) is 7.43. The molecule has 23 heavy (non-hydrogen) atoms. The molecule has 3 heterocycles. The number of aromatic nitrogens is 3. The average molecular weight is 319 g/mol. The van der Waals surface area contributed by atoms with Crippen LogP contribution in [0.1, 0.15) is 57.1 Å². The third-order valence-corrected chi connectivity index (χ3v) is 4.98. The number of carbonyl (C=O) groups is 1. The van der Waals surface area contributed by atoms with Gasteiger partial charge in [-0.05, 0) is 38.3 Å². The molecule has 1 saturated heterocycles. The van der Waals surface area contributed by atoms with Gasteiger partial charge >= 0.3 is 0 Å². The smallest absolute Gasteiger partial charge is 0.222 e. The highest BCUT2D eigenvalue weighted by molar-refractivity contribution is 5.77. The number of aryl methyl sites for hydroxylation is 1. The Morgan fingerprint density at radius 1 is 1.30 bits per heavy atom. The van der Waals surface area contributed by atoms with E-state index < -0.39 is 0 Å². The minimum Gasteiger partial charge on any atom is -0.343 e. The standard InChI is InChI=1S/C17H29N5O/c1-13(2)17-20-19-15-7-6-14(12-22(15)17)11-18-8-4-10-21-9-3-5-16(21)23/h13-14,18H,3-12H2,1-2H3. The zero-order chi connectivity index (χ0) is 16.2. The zero-order valence-corrected chi connectivity index (χ0v) is 14.4. The molecule has 1 aromatic heterocycles. The van der Waals surface area contributed by atoms with Crippen LogP contribution in [0.25, 0.3) is 0 Å². The molecule has 1 atom stereocenters. The van der Waals surface area contributed by atoms with E-state index in [4.69, 9.17) is 0 Å². The number of amides is 1. The fourth-order valence-electron chi connectivity index (χ4n) is 3.65. The number of rotatable bonds is 7. The van der Waals surface area contributed by atoms with Crippen molar-refractivity contribution in [1.29, 1.82) is 0 Å². The molecule has 2 aliphatic heterocycles. The van der Waals surface area contributed by atoms with Gasteiger partial charge in [-0.1, -0.05) is 13.8 Å². The molecule has 0 aliphatic carbocycles. The average Bonchev–Trinajstić information content (AvgIpc) is 3.13. The van der Waals surface area contributed by atoms with Crippen molar-refractivity contribution < 1.29 is 4.79 Å². The van der Waals surface area contributed by atoms with Crippen molar-refractivity contribution in [1.82, 2.24) is 25.0 Å². The summed E-state index contributed by atoms with van der Waals surface area (Å²) >= 11 is 0. The molecular formula is C17H29N5O. The first-order valence-corrected chi connectivity index (χ1v) is 9.05. The molecule has 1 unspecified atom stereocenters. The molecular weight excluding hydrogens is 290 g/mol. The van der Waals surface area contributed by atoms with Gasteiger partial charge in [0.15, 0.2) is 0 Å². The lowest BCUT2D eigenvalue weighted by Crippen LogP contribution is -2.33. The highest BCUT2D eigenvalue weighted by Crippen LogP contribution is 2.23. The van der Waals surface area contributed by atoms with E-state index in [1.54, 1.807) is 0 Å². The molecule has 2 aliphatic rings. The molecule has 6 nitrogen and oxygen atoms in total. The van der Waals surface area contributed by atoms with Gasteiger partial charge in [0.25, 0.3) is 0 Å². The summed E-state index contributed by atoms with van der Waals surface area (Å²) in [7, 11) is 0. The molecule has 1 amide bonds. The Morgan fingerprint density at radius 3 is 2.91 bits per heavy atom. The van der Waals surface area contributed by atoms with Gasteiger partial charge in [0, 0.05) is 38.4 Å². The maximum atomic E-state index is 11.6. The summed E-state index contributed by atoms with van der Waals surface area (Å²) in [6.45, 7) is 9.29. The van der Waals surface area contributed by atoms with Crippen molar-refractivity contribution in [3.8, 4) is 0 Å². The fourth-order valence-corrected chi connectivity index (χ4v) is 3.65. The topological polar surface area (TPSA) is 63.1 Å². The number of carbonyl (C=O) groups excluding carboxylic acids is 1. The Bertz CT molecular complexity index is 539. The van der Waals surface area contributed by atoms with Crippen molar-refractivity contribution in [3.05, 3.63) is 11.6 Å². The van der Waals surface area contributed by atoms with Gasteiger partial charge in [0.1, 0.15) is 11.6 Å². The summed E-state index contributed by atoms with van der Waals surface area (Å²) in [5.74, 6) is 3.69. The van der Waals surface area contributed by atoms with E-state index in [0.717, 1.165) is 70.1 Å². The van der Waals surface area contributed by atoms with Crippen LogP contribution in [-0.2, 0) is 17.8 Å². The first-order chi connectivity index (χ1) is 11.1. The minimum atomic E-state index is 0.332. The normalized spacial score (nSPS) is 21.3. The maximum Gasteiger partial charge on any atom is 0.222 e. The number of hydrogen-bond acceptors (Lipinski definition) is 4. The van der Waals surface area contributed by atoms with Crippen molar-refractivity contribution in [2.24, 2.45) is 5.92 Å². The number of nitrogens with one attached hydrogen (secondary N) is 1. The highest BCUT2D eigenvalue weighted by Gasteiger charge is 2.24. The Labute approximate surface area is 138 Å². The van der Waals surface area contributed by atoms with Crippen LogP contribution in [0.15, 0.2) is 0 Å². The molecule has 1 fully saturated rings. The van der Waals surface area contributed by atoms with Gasteiger partial charge in [0.05, 0.1) is 0 Å². The molecule has 1 N–H and O–H groups in total. The van der Waals surface area contributed by atoms with Gasteiger partial charge in [-0.15, -0.1) is 10.2 Å². The van der Waals surface area contributed by atoms with Gasteiger partial charge in [0.2, 0.25) is 5.91 Å². The summed E-state index contributed by atoms with van der Waals surface area (Å²) in [6, 6.07) is 0. The van der Waals surface area contributed by atoms with Gasteiger partial charge in [-0.3, -0.25) is 4.79 Å². The van der Waals surface area contributed by atoms with E-state index >= 15 is 0 Å². The zero-order valence-electron chi connectivity index (χ0n) is 14.4. The van der Waals surface area contributed by atoms with Gasteiger partial charge < -0.3 is 14.8 Å². The van der Waals surface area contributed by atoms with Crippen LogP contribution in [0.3, 0.4) is 0 Å². The van der Waals surface area contributed by atoms with E-state index in [0.29, 0.717) is 17.7 Å². The summed E-state index contributed by atoms with van der Waals surface area (Å²) in [4.78, 5) is 13.6. The van der Waals surface area contributed by atoms with E-state index in [1.807, 2.05) is 4.90 Å². The Kier molecular flexibility index (Phi) is 5.30. The van der Waals surface area contributed by atoms with Crippen LogP contribution in [0.4, 0.5) is 0 Å². The first kappa shape index (κ1) is 16.4. The number of likely N-dealkylation sites (tertiary alicyclic amines) is 1. The predicted octanol–water partition coefficient (Wildman–Crippen LogP) is 1.57. The molecule has 0 aromatic carbocycles. The third-order valence-electron chi connectivity index (χ3n) is 4.98. The SMILES string of the molecule is CC(C)c1nnc2n1CC(CNCCCN1CCCC1=O)CC2. The van der Waals surface area contributed by atoms with E-state index in [2.05, 4.69) is 33.9 Å². The minimum absolute atomic E-state index is 0.332. The summed E-state index contributed by atoms with van der Waals surface area (Å²) in [5, 5.41) is 12.2. The maximum absolute atomic E-state index is 11.6. The predicted molar refractivity (Wildman–Crippen MR) is 89.2 cm³/mol. The Morgan fingerprint density at radius 2 is 2.17 bits per heavy atom. The molecule has 3 rings (SSSR count). The molecule has 0 spiro atoms. The second-order valence-corrected chi connectivity index (χ2v) is 7.19. The van der Waals surface area contributed by atoms with Crippen LogP contribution in [0.2, 0.25) is 0 Å². The number of fused-ring (bicyclic) bond motifs is 1. The summed E-state index contributed by atoms with van der Waals surface area (Å²) in [6.07, 6.45) is 5.05. The van der Waals surface area contributed by atoms with Crippen LogP contribution in [-0.4, -0.2) is 51.8 Å². The van der Waals surface area contributed by atoms with E-state index in [9.17, 15) is 4.79 Å². The first-order valence-electron chi connectivity index (χ1n) is 9.05. The van der Waals surface area contributed by atoms with E-state index in [-0.39, 0.29) is 0 Å². The third kappa shape index (κ3) is 3.91. The molecule has 6 heteroatoms. The van der Waals surface area contributed by atoms with Crippen LogP contribution in [0, 0.1) is 5.92 Å². The van der Waals surface area contributed by atoms with Crippen molar-refractivity contribution in [2.45, 2.75) is 58.4 Å². The summed E-state index contributed by atoms with van der Waals surface area (Å²) in [5.41, 5.74) is 0.